The van der Waals surface area contributed by atoms with Gasteiger partial charge in [-0.05, 0) is 24.3 Å². The fraction of sp³-hybridized carbons (Fsp3) is 0. The van der Waals surface area contributed by atoms with Gasteiger partial charge in [0.05, 0.1) is 5.56 Å². The van der Waals surface area contributed by atoms with Crippen molar-refractivity contribution in [3.05, 3.63) is 35.4 Å². The predicted molar refractivity (Wildman–Crippen MR) is 72.1 cm³/mol. The molecule has 7 nitrogen and oxygen atoms in total. The Balaban J connectivity index is 0.00000220. The average molecular weight is 487 g/mol. The molecule has 8 heteroatoms. The molecule has 6 N–H and O–H groups in total. The van der Waals surface area contributed by atoms with Crippen LogP contribution < -0.4 is 0 Å². The van der Waals surface area contributed by atoms with Crippen LogP contribution in [0.3, 0.4) is 0 Å². The summed E-state index contributed by atoms with van der Waals surface area (Å²) in [5.74, 6) is -5.32. The molecule has 0 fully saturated rings. The number of rotatable bonds is 2. The number of hydrogen-bond donors (Lipinski definition) is 6. The molecule has 2 aromatic carbocycles. The van der Waals surface area contributed by atoms with E-state index in [1.807, 2.05) is 0 Å². The van der Waals surface area contributed by atoms with E-state index in [2.05, 4.69) is 0 Å². The molecule has 2 rings (SSSR count). The summed E-state index contributed by atoms with van der Waals surface area (Å²) in [7, 11) is 0. The smallest absolute Gasteiger partial charge is 0.201 e. The van der Waals surface area contributed by atoms with Crippen molar-refractivity contribution in [2.45, 2.75) is 0 Å². The molecule has 0 amide bonds. The molecule has 109 valence electrons. The molecular weight excluding hydrogens is 477 g/mol. The van der Waals surface area contributed by atoms with Crippen molar-refractivity contribution in [2.75, 3.05) is 0 Å². The van der Waals surface area contributed by atoms with Crippen LogP contribution in [0.1, 0.15) is 15.9 Å². The van der Waals surface area contributed by atoms with Crippen molar-refractivity contribution in [3.8, 4) is 34.5 Å². The van der Waals surface area contributed by atoms with Crippen LogP contribution in [-0.2, 0) is 0 Å². The molecule has 0 spiro atoms. The van der Waals surface area contributed by atoms with Gasteiger partial charge in [0, 0.05) is 31.8 Å². The molecule has 0 aliphatic rings. The molecule has 0 aliphatic heterocycles. The SMILES string of the molecule is O=C(c1cc(O)c(O)c(O)c1)c1ccc(O)c(O)c1O.[Bi]. The molecule has 0 aliphatic carbocycles. The minimum absolute atomic E-state index is 0. The third kappa shape index (κ3) is 2.95. The van der Waals surface area contributed by atoms with Crippen LogP contribution in [-0.4, -0.2) is 62.6 Å². The first kappa shape index (κ1) is 16.8. The normalized spacial score (nSPS) is 9.90. The maximum absolute atomic E-state index is 12.1. The molecule has 21 heavy (non-hydrogen) atoms. The number of hydrogen-bond acceptors (Lipinski definition) is 7. The minimum Gasteiger partial charge on any atom is -0.504 e. The van der Waals surface area contributed by atoms with Crippen LogP contribution in [0, 0.1) is 0 Å². The van der Waals surface area contributed by atoms with E-state index in [9.17, 15) is 30.3 Å². The molecule has 0 heterocycles. The summed E-state index contributed by atoms with van der Waals surface area (Å²) in [6, 6.07) is 3.84. The molecule has 0 saturated carbocycles. The zero-order chi connectivity index (χ0) is 15.0. The Morgan fingerprint density at radius 1 is 0.714 bits per heavy atom. The van der Waals surface area contributed by atoms with Crippen molar-refractivity contribution in [1.82, 2.24) is 0 Å². The summed E-state index contributed by atoms with van der Waals surface area (Å²) in [5, 5.41) is 56.0. The first-order chi connectivity index (χ1) is 9.32. The van der Waals surface area contributed by atoms with E-state index in [-0.39, 0.29) is 37.3 Å². The maximum Gasteiger partial charge on any atom is 0.201 e. The monoisotopic (exact) mass is 487 g/mol. The molecule has 2 aromatic rings. The average Bonchev–Trinajstić information content (AvgIpc) is 2.41. The summed E-state index contributed by atoms with van der Waals surface area (Å²) < 4.78 is 0. The topological polar surface area (TPSA) is 138 Å². The van der Waals surface area contributed by atoms with Crippen LogP contribution in [0.2, 0.25) is 0 Å². The van der Waals surface area contributed by atoms with E-state index in [1.165, 1.54) is 0 Å². The summed E-state index contributed by atoms with van der Waals surface area (Å²) >= 11 is 0. The van der Waals surface area contributed by atoms with Gasteiger partial charge >= 0.3 is 0 Å². The van der Waals surface area contributed by atoms with Crippen molar-refractivity contribution < 1.29 is 35.4 Å². The van der Waals surface area contributed by atoms with E-state index in [0.717, 1.165) is 24.3 Å². The second kappa shape index (κ2) is 6.05. The molecule has 3 radical (unpaired) electrons. The number of carbonyl (C=O) groups is 1. The Hall–Kier alpha value is -2.21. The summed E-state index contributed by atoms with van der Waals surface area (Å²) in [6.07, 6.45) is 0. The summed E-state index contributed by atoms with van der Waals surface area (Å²) in [6.45, 7) is 0. The van der Waals surface area contributed by atoms with Gasteiger partial charge in [0.2, 0.25) is 5.75 Å². The Morgan fingerprint density at radius 2 is 1.24 bits per heavy atom. The Labute approximate surface area is 137 Å². The number of phenols is 6. The molecule has 0 atom stereocenters. The van der Waals surface area contributed by atoms with E-state index in [4.69, 9.17) is 5.11 Å². The van der Waals surface area contributed by atoms with Crippen LogP contribution >= 0.6 is 0 Å². The number of benzene rings is 2. The zero-order valence-electron chi connectivity index (χ0n) is 10.3. The Morgan fingerprint density at radius 3 is 1.76 bits per heavy atom. The van der Waals surface area contributed by atoms with Gasteiger partial charge in [-0.3, -0.25) is 4.79 Å². The fourth-order valence-electron chi connectivity index (χ4n) is 1.64. The van der Waals surface area contributed by atoms with Crippen LogP contribution in [0.4, 0.5) is 0 Å². The van der Waals surface area contributed by atoms with Crippen molar-refractivity contribution >= 4 is 32.0 Å². The van der Waals surface area contributed by atoms with E-state index < -0.39 is 40.3 Å². The van der Waals surface area contributed by atoms with Crippen molar-refractivity contribution in [1.29, 1.82) is 0 Å². The number of carbonyl (C=O) groups excluding carboxylic acids is 1. The molecule has 0 unspecified atom stereocenters. The maximum atomic E-state index is 12.1. The first-order valence-electron chi connectivity index (χ1n) is 5.36. The zero-order valence-corrected chi connectivity index (χ0v) is 13.8. The van der Waals surface area contributed by atoms with E-state index >= 15 is 0 Å². The molecule has 0 bridgehead atoms. The summed E-state index contributed by atoms with van der Waals surface area (Å²) in [4.78, 5) is 12.1. The van der Waals surface area contributed by atoms with Crippen LogP contribution in [0.5, 0.6) is 34.5 Å². The molecular formula is C13H10BiO7. The third-order valence-electron chi connectivity index (χ3n) is 2.71. The predicted octanol–water partition coefficient (Wildman–Crippen LogP) is 0.770. The summed E-state index contributed by atoms with van der Waals surface area (Å²) in [5.41, 5.74) is -0.567. The van der Waals surface area contributed by atoms with Gasteiger partial charge in [-0.1, -0.05) is 0 Å². The second-order valence-corrected chi connectivity index (χ2v) is 4.02. The van der Waals surface area contributed by atoms with Crippen molar-refractivity contribution in [3.63, 3.8) is 0 Å². The standard InChI is InChI=1S/C13H10O7.Bi/c14-7-2-1-6(11(18)13(7)20)10(17)5-3-8(15)12(19)9(16)4-5;/h1-4,14-16,18-20H;. The fourth-order valence-corrected chi connectivity index (χ4v) is 1.64. The number of aromatic hydroxyl groups is 6. The van der Waals surface area contributed by atoms with Gasteiger partial charge < -0.3 is 30.6 Å². The van der Waals surface area contributed by atoms with Gasteiger partial charge in [-0.15, -0.1) is 0 Å². The third-order valence-corrected chi connectivity index (χ3v) is 2.71. The van der Waals surface area contributed by atoms with E-state index in [1.54, 1.807) is 0 Å². The minimum atomic E-state index is -0.858. The Kier molecular flexibility index (Phi) is 4.86. The van der Waals surface area contributed by atoms with Gasteiger partial charge in [-0.2, -0.15) is 0 Å². The van der Waals surface area contributed by atoms with Crippen LogP contribution in [0.25, 0.3) is 0 Å². The first-order valence-corrected chi connectivity index (χ1v) is 5.36. The van der Waals surface area contributed by atoms with Gasteiger partial charge in [-0.25, -0.2) is 0 Å². The second-order valence-electron chi connectivity index (χ2n) is 4.02. The number of ketones is 1. The quantitative estimate of drug-likeness (QED) is 0.209. The van der Waals surface area contributed by atoms with E-state index in [0.29, 0.717) is 0 Å². The molecule has 0 aromatic heterocycles. The van der Waals surface area contributed by atoms with Crippen LogP contribution in [0.15, 0.2) is 24.3 Å². The van der Waals surface area contributed by atoms with Gasteiger partial charge in [0.15, 0.2) is 34.5 Å². The van der Waals surface area contributed by atoms with Crippen molar-refractivity contribution in [2.24, 2.45) is 0 Å². The largest absolute Gasteiger partial charge is 0.504 e. The molecule has 0 saturated heterocycles. The van der Waals surface area contributed by atoms with Gasteiger partial charge in [0.1, 0.15) is 0 Å². The van der Waals surface area contributed by atoms with Gasteiger partial charge in [0.25, 0.3) is 0 Å². The number of phenolic OH excluding ortho intramolecular Hbond substituents is 6. The Bertz CT molecular complexity index is 689.